The van der Waals surface area contributed by atoms with Crippen LogP contribution in [0.5, 0.6) is 0 Å². The summed E-state index contributed by atoms with van der Waals surface area (Å²) in [4.78, 5) is 27.3. The van der Waals surface area contributed by atoms with Crippen molar-refractivity contribution in [2.75, 3.05) is 30.9 Å². The van der Waals surface area contributed by atoms with E-state index in [4.69, 9.17) is 0 Å². The monoisotopic (exact) mass is 437 g/mol. The maximum atomic E-state index is 13.3. The van der Waals surface area contributed by atoms with Gasteiger partial charge in [-0.2, -0.15) is 0 Å². The van der Waals surface area contributed by atoms with Crippen LogP contribution in [-0.4, -0.2) is 56.2 Å². The number of sulfonamides is 1. The van der Waals surface area contributed by atoms with Crippen LogP contribution >= 0.6 is 0 Å². The zero-order chi connectivity index (χ0) is 21.9. The van der Waals surface area contributed by atoms with Crippen LogP contribution in [0.15, 0.2) is 47.4 Å². The Kier molecular flexibility index (Phi) is 6.35. The zero-order valence-electron chi connectivity index (χ0n) is 16.3. The summed E-state index contributed by atoms with van der Waals surface area (Å²) in [6.07, 6.45) is 0.426. The number of anilines is 1. The molecular formula is C20H21F2N3O4S. The molecule has 0 spiro atoms. The van der Waals surface area contributed by atoms with Gasteiger partial charge < -0.3 is 9.80 Å². The summed E-state index contributed by atoms with van der Waals surface area (Å²) in [5, 5.41) is 0. The molecule has 1 heterocycles. The number of benzene rings is 2. The number of hydrogen-bond acceptors (Lipinski definition) is 4. The van der Waals surface area contributed by atoms with E-state index in [9.17, 15) is 26.8 Å². The second-order valence-electron chi connectivity index (χ2n) is 6.79. The van der Waals surface area contributed by atoms with Crippen molar-refractivity contribution in [2.24, 2.45) is 0 Å². The van der Waals surface area contributed by atoms with E-state index in [2.05, 4.69) is 4.72 Å². The van der Waals surface area contributed by atoms with Gasteiger partial charge in [0.05, 0.1) is 4.90 Å². The SMILES string of the molecule is CCC(=O)N1CCN(C(=O)c2ccc(NS(=O)(=O)c3ccc(F)c(F)c3)cc2)CC1. The van der Waals surface area contributed by atoms with Crippen LogP contribution in [0.3, 0.4) is 0 Å². The molecule has 10 heteroatoms. The van der Waals surface area contributed by atoms with Crippen molar-refractivity contribution in [2.45, 2.75) is 18.2 Å². The van der Waals surface area contributed by atoms with Crippen LogP contribution in [-0.2, 0) is 14.8 Å². The minimum atomic E-state index is -4.11. The molecule has 1 fully saturated rings. The van der Waals surface area contributed by atoms with Crippen LogP contribution in [0.4, 0.5) is 14.5 Å². The molecule has 0 radical (unpaired) electrons. The lowest BCUT2D eigenvalue weighted by Gasteiger charge is -2.34. The molecule has 0 aromatic heterocycles. The number of amides is 2. The molecule has 0 aliphatic carbocycles. The number of nitrogens with one attached hydrogen (secondary N) is 1. The highest BCUT2D eigenvalue weighted by Gasteiger charge is 2.24. The molecule has 1 N–H and O–H groups in total. The highest BCUT2D eigenvalue weighted by molar-refractivity contribution is 7.92. The summed E-state index contributed by atoms with van der Waals surface area (Å²) in [5.74, 6) is -2.57. The topological polar surface area (TPSA) is 86.8 Å². The Bertz CT molecular complexity index is 1050. The van der Waals surface area contributed by atoms with Crippen molar-refractivity contribution < 1.29 is 26.8 Å². The lowest BCUT2D eigenvalue weighted by Crippen LogP contribution is -2.50. The molecule has 0 unspecified atom stereocenters. The first-order valence-electron chi connectivity index (χ1n) is 9.36. The van der Waals surface area contributed by atoms with E-state index in [1.165, 1.54) is 24.3 Å². The molecule has 7 nitrogen and oxygen atoms in total. The lowest BCUT2D eigenvalue weighted by atomic mass is 10.1. The van der Waals surface area contributed by atoms with Crippen molar-refractivity contribution in [3.05, 3.63) is 59.7 Å². The first-order valence-corrected chi connectivity index (χ1v) is 10.8. The quantitative estimate of drug-likeness (QED) is 0.779. The predicted molar refractivity (Wildman–Crippen MR) is 106 cm³/mol. The molecule has 0 bridgehead atoms. The number of rotatable bonds is 5. The Labute approximate surface area is 173 Å². The van der Waals surface area contributed by atoms with Gasteiger partial charge in [0, 0.05) is 43.9 Å². The third kappa shape index (κ3) is 4.76. The summed E-state index contributed by atoms with van der Waals surface area (Å²) in [6, 6.07) is 8.09. The molecule has 1 saturated heterocycles. The molecular weight excluding hydrogens is 416 g/mol. The zero-order valence-corrected chi connectivity index (χ0v) is 17.1. The van der Waals surface area contributed by atoms with Gasteiger partial charge in [0.15, 0.2) is 11.6 Å². The Morgan fingerprint density at radius 3 is 2.10 bits per heavy atom. The number of carbonyl (C=O) groups excluding carboxylic acids is 2. The summed E-state index contributed by atoms with van der Waals surface area (Å²) in [7, 11) is -4.11. The van der Waals surface area contributed by atoms with Gasteiger partial charge >= 0.3 is 0 Å². The Balaban J connectivity index is 1.65. The van der Waals surface area contributed by atoms with Gasteiger partial charge in [-0.25, -0.2) is 17.2 Å². The summed E-state index contributed by atoms with van der Waals surface area (Å²) >= 11 is 0. The molecule has 2 aromatic carbocycles. The minimum Gasteiger partial charge on any atom is -0.339 e. The molecule has 1 aliphatic rings. The highest BCUT2D eigenvalue weighted by atomic mass is 32.2. The Morgan fingerprint density at radius 1 is 0.933 bits per heavy atom. The average Bonchev–Trinajstić information content (AvgIpc) is 2.75. The standard InChI is InChI=1S/C20H21F2N3O4S/c1-2-19(26)24-9-11-25(12-10-24)20(27)14-3-5-15(6-4-14)23-30(28,29)16-7-8-17(21)18(22)13-16/h3-8,13,23H,2,9-12H2,1H3. The van der Waals surface area contributed by atoms with Crippen LogP contribution in [0.25, 0.3) is 0 Å². The predicted octanol–water partition coefficient (Wildman–Crippen LogP) is 2.46. The Morgan fingerprint density at radius 2 is 1.53 bits per heavy atom. The van der Waals surface area contributed by atoms with E-state index >= 15 is 0 Å². The highest BCUT2D eigenvalue weighted by Crippen LogP contribution is 2.19. The van der Waals surface area contributed by atoms with Crippen molar-refractivity contribution >= 4 is 27.5 Å². The van der Waals surface area contributed by atoms with Crippen LogP contribution in [0.2, 0.25) is 0 Å². The number of hydrogen-bond donors (Lipinski definition) is 1. The maximum absolute atomic E-state index is 13.3. The van der Waals surface area contributed by atoms with Crippen LogP contribution in [0, 0.1) is 11.6 Å². The molecule has 30 heavy (non-hydrogen) atoms. The second-order valence-corrected chi connectivity index (χ2v) is 8.47. The fraction of sp³-hybridized carbons (Fsp3) is 0.300. The van der Waals surface area contributed by atoms with E-state index in [1.807, 2.05) is 0 Å². The number of carbonyl (C=O) groups is 2. The van der Waals surface area contributed by atoms with Gasteiger partial charge in [-0.1, -0.05) is 6.92 Å². The van der Waals surface area contributed by atoms with Gasteiger partial charge in [-0.15, -0.1) is 0 Å². The fourth-order valence-electron chi connectivity index (χ4n) is 3.10. The molecule has 2 amide bonds. The van der Waals surface area contributed by atoms with Gasteiger partial charge in [-0.05, 0) is 42.5 Å². The number of halogens is 2. The van der Waals surface area contributed by atoms with E-state index in [1.54, 1.807) is 16.7 Å². The van der Waals surface area contributed by atoms with Crippen molar-refractivity contribution in [1.29, 1.82) is 0 Å². The lowest BCUT2D eigenvalue weighted by molar-refractivity contribution is -0.132. The third-order valence-corrected chi connectivity index (χ3v) is 6.19. The molecule has 160 valence electrons. The van der Waals surface area contributed by atoms with Crippen LogP contribution < -0.4 is 4.72 Å². The molecule has 1 aliphatic heterocycles. The van der Waals surface area contributed by atoms with E-state index < -0.39 is 26.6 Å². The number of piperazine rings is 1. The van der Waals surface area contributed by atoms with Gasteiger partial charge in [0.1, 0.15) is 0 Å². The van der Waals surface area contributed by atoms with E-state index in [0.717, 1.165) is 12.1 Å². The molecule has 0 atom stereocenters. The smallest absolute Gasteiger partial charge is 0.261 e. The number of nitrogens with zero attached hydrogens (tertiary/aromatic N) is 2. The molecule has 0 saturated carbocycles. The van der Waals surface area contributed by atoms with Crippen molar-refractivity contribution in [1.82, 2.24) is 9.80 Å². The van der Waals surface area contributed by atoms with Crippen molar-refractivity contribution in [3.63, 3.8) is 0 Å². The van der Waals surface area contributed by atoms with Crippen LogP contribution in [0.1, 0.15) is 23.7 Å². The minimum absolute atomic E-state index is 0.0553. The normalized spacial score (nSPS) is 14.5. The van der Waals surface area contributed by atoms with Gasteiger partial charge in [0.2, 0.25) is 5.91 Å². The summed E-state index contributed by atoms with van der Waals surface area (Å²) in [6.45, 7) is 3.60. The summed E-state index contributed by atoms with van der Waals surface area (Å²) < 4.78 is 53.3. The maximum Gasteiger partial charge on any atom is 0.261 e. The average molecular weight is 437 g/mol. The summed E-state index contributed by atoms with van der Waals surface area (Å²) in [5.41, 5.74) is 0.552. The third-order valence-electron chi connectivity index (χ3n) is 4.81. The largest absolute Gasteiger partial charge is 0.339 e. The first kappa shape index (κ1) is 21.7. The second kappa shape index (κ2) is 8.78. The molecule has 2 aromatic rings. The first-order chi connectivity index (χ1) is 14.2. The van der Waals surface area contributed by atoms with E-state index in [0.29, 0.717) is 44.2 Å². The van der Waals surface area contributed by atoms with Gasteiger partial charge in [0.25, 0.3) is 15.9 Å². The fourth-order valence-corrected chi connectivity index (χ4v) is 4.17. The van der Waals surface area contributed by atoms with Gasteiger partial charge in [-0.3, -0.25) is 14.3 Å². The molecule has 3 rings (SSSR count). The van der Waals surface area contributed by atoms with E-state index in [-0.39, 0.29) is 17.5 Å². The van der Waals surface area contributed by atoms with Crippen molar-refractivity contribution in [3.8, 4) is 0 Å². The Hall–Kier alpha value is -3.01.